The molecule has 1 amide bonds. The van der Waals surface area contributed by atoms with Crippen molar-refractivity contribution in [1.29, 1.82) is 0 Å². The van der Waals surface area contributed by atoms with Crippen LogP contribution in [0.15, 0.2) is 24.3 Å². The summed E-state index contributed by atoms with van der Waals surface area (Å²) in [5.74, 6) is -0.244. The van der Waals surface area contributed by atoms with Gasteiger partial charge in [-0.1, -0.05) is 25.1 Å². The largest absolute Gasteiger partial charge is 0.339 e. The molecule has 5 heteroatoms. The highest BCUT2D eigenvalue weighted by atomic mass is 35.5. The summed E-state index contributed by atoms with van der Waals surface area (Å²) in [7, 11) is 0. The second-order valence-corrected chi connectivity index (χ2v) is 5.34. The van der Waals surface area contributed by atoms with Crippen LogP contribution < -0.4 is 5.32 Å². The van der Waals surface area contributed by atoms with Gasteiger partial charge in [-0.15, -0.1) is 12.4 Å². The van der Waals surface area contributed by atoms with Gasteiger partial charge in [-0.3, -0.25) is 4.79 Å². The first-order valence-corrected chi connectivity index (χ1v) is 7.46. The second-order valence-electron chi connectivity index (χ2n) is 5.34. The van der Waals surface area contributed by atoms with Crippen LogP contribution in [0, 0.1) is 5.82 Å². The van der Waals surface area contributed by atoms with Crippen LogP contribution in [0.5, 0.6) is 0 Å². The summed E-state index contributed by atoms with van der Waals surface area (Å²) < 4.78 is 13.7. The van der Waals surface area contributed by atoms with Crippen LogP contribution in [0.3, 0.4) is 0 Å². The molecule has 1 aliphatic heterocycles. The number of nitrogens with one attached hydrogen (secondary N) is 1. The first-order chi connectivity index (χ1) is 9.72. The van der Waals surface area contributed by atoms with Crippen LogP contribution in [0.1, 0.15) is 31.7 Å². The Morgan fingerprint density at radius 1 is 1.33 bits per heavy atom. The molecule has 118 valence electrons. The van der Waals surface area contributed by atoms with Crippen LogP contribution in [-0.4, -0.2) is 36.5 Å². The van der Waals surface area contributed by atoms with Gasteiger partial charge in [-0.25, -0.2) is 4.39 Å². The number of halogens is 2. The first kappa shape index (κ1) is 17.9. The van der Waals surface area contributed by atoms with Crippen molar-refractivity contribution in [2.75, 3.05) is 19.6 Å². The van der Waals surface area contributed by atoms with Crippen LogP contribution in [0.25, 0.3) is 0 Å². The second kappa shape index (κ2) is 9.00. The quantitative estimate of drug-likeness (QED) is 0.906. The summed E-state index contributed by atoms with van der Waals surface area (Å²) in [4.78, 5) is 14.4. The van der Waals surface area contributed by atoms with Gasteiger partial charge in [0.05, 0.1) is 6.42 Å². The zero-order chi connectivity index (χ0) is 14.4. The van der Waals surface area contributed by atoms with Crippen molar-refractivity contribution in [1.82, 2.24) is 10.2 Å². The smallest absolute Gasteiger partial charge is 0.227 e. The summed E-state index contributed by atoms with van der Waals surface area (Å²) in [5, 5.41) is 3.31. The molecule has 3 nitrogen and oxygen atoms in total. The molecule has 1 N–H and O–H groups in total. The molecule has 0 aliphatic carbocycles. The zero-order valence-corrected chi connectivity index (χ0v) is 13.3. The van der Waals surface area contributed by atoms with E-state index in [4.69, 9.17) is 0 Å². The maximum Gasteiger partial charge on any atom is 0.227 e. The highest BCUT2D eigenvalue weighted by molar-refractivity contribution is 5.85. The zero-order valence-electron chi connectivity index (χ0n) is 12.5. The lowest BCUT2D eigenvalue weighted by atomic mass is 10.0. The summed E-state index contributed by atoms with van der Waals surface area (Å²) in [5.41, 5.74) is 0.493. The Labute approximate surface area is 132 Å². The van der Waals surface area contributed by atoms with Gasteiger partial charge in [0.1, 0.15) is 5.82 Å². The first-order valence-electron chi connectivity index (χ1n) is 7.46. The topological polar surface area (TPSA) is 32.3 Å². The number of carbonyl (C=O) groups is 1. The average Bonchev–Trinajstić information content (AvgIpc) is 2.48. The van der Waals surface area contributed by atoms with E-state index in [0.717, 1.165) is 38.9 Å². The Bertz CT molecular complexity index is 450. The molecular weight excluding hydrogens is 291 g/mol. The monoisotopic (exact) mass is 314 g/mol. The minimum absolute atomic E-state index is 0. The van der Waals surface area contributed by atoms with Crippen molar-refractivity contribution in [3.8, 4) is 0 Å². The van der Waals surface area contributed by atoms with Crippen molar-refractivity contribution >= 4 is 18.3 Å². The Morgan fingerprint density at radius 2 is 2.00 bits per heavy atom. The van der Waals surface area contributed by atoms with E-state index in [1.165, 1.54) is 6.07 Å². The van der Waals surface area contributed by atoms with Crippen LogP contribution in [-0.2, 0) is 11.2 Å². The van der Waals surface area contributed by atoms with E-state index < -0.39 is 0 Å². The van der Waals surface area contributed by atoms with Gasteiger partial charge >= 0.3 is 0 Å². The predicted octanol–water partition coefficient (Wildman–Crippen LogP) is 2.78. The summed E-state index contributed by atoms with van der Waals surface area (Å²) in [6.07, 6.45) is 3.08. The molecule has 1 aromatic rings. The van der Waals surface area contributed by atoms with Gasteiger partial charge < -0.3 is 10.2 Å². The third kappa shape index (κ3) is 4.97. The van der Waals surface area contributed by atoms with E-state index in [2.05, 4.69) is 12.2 Å². The molecule has 2 rings (SSSR count). The molecule has 0 saturated carbocycles. The highest BCUT2D eigenvalue weighted by Crippen LogP contribution is 2.16. The fraction of sp³-hybridized carbons (Fsp3) is 0.562. The molecule has 0 spiro atoms. The Balaban J connectivity index is 0.00000220. The van der Waals surface area contributed by atoms with Gasteiger partial charge in [0, 0.05) is 12.6 Å². The molecule has 0 unspecified atom stereocenters. The van der Waals surface area contributed by atoms with Crippen LogP contribution in [0.4, 0.5) is 4.39 Å². The number of hydrogen-bond donors (Lipinski definition) is 1. The Kier molecular flexibility index (Phi) is 7.68. The fourth-order valence-electron chi connectivity index (χ4n) is 2.78. The lowest BCUT2D eigenvalue weighted by Gasteiger charge is -2.34. The van der Waals surface area contributed by atoms with Crippen molar-refractivity contribution in [3.05, 3.63) is 35.6 Å². The molecule has 1 heterocycles. The van der Waals surface area contributed by atoms with E-state index in [-0.39, 0.29) is 30.6 Å². The third-order valence-electron chi connectivity index (χ3n) is 3.83. The third-order valence-corrected chi connectivity index (χ3v) is 3.83. The number of benzene rings is 1. The maximum absolute atomic E-state index is 13.7. The summed E-state index contributed by atoms with van der Waals surface area (Å²) in [6, 6.07) is 6.84. The molecule has 1 aromatic carbocycles. The van der Waals surface area contributed by atoms with E-state index in [1.54, 1.807) is 18.2 Å². The van der Waals surface area contributed by atoms with Crippen LogP contribution >= 0.6 is 12.4 Å². The van der Waals surface area contributed by atoms with E-state index in [0.29, 0.717) is 11.6 Å². The molecular formula is C16H24ClFN2O. The highest BCUT2D eigenvalue weighted by Gasteiger charge is 2.25. The number of carbonyl (C=O) groups excluding carboxylic acids is 1. The molecule has 1 fully saturated rings. The van der Waals surface area contributed by atoms with Crippen molar-refractivity contribution in [3.63, 3.8) is 0 Å². The van der Waals surface area contributed by atoms with Gasteiger partial charge in [-0.2, -0.15) is 0 Å². The summed E-state index contributed by atoms with van der Waals surface area (Å²) >= 11 is 0. The molecule has 0 atom stereocenters. The average molecular weight is 315 g/mol. The maximum atomic E-state index is 13.7. The molecule has 0 aromatic heterocycles. The lowest BCUT2D eigenvalue weighted by molar-refractivity contribution is -0.133. The number of rotatable bonds is 5. The van der Waals surface area contributed by atoms with Gasteiger partial charge in [0.25, 0.3) is 0 Å². The Hall–Kier alpha value is -1.13. The number of nitrogens with zero attached hydrogens (tertiary/aromatic N) is 1. The molecule has 1 aliphatic rings. The lowest BCUT2D eigenvalue weighted by Crippen LogP contribution is -2.47. The number of hydrogen-bond acceptors (Lipinski definition) is 2. The summed E-state index contributed by atoms with van der Waals surface area (Å²) in [6.45, 7) is 4.75. The predicted molar refractivity (Wildman–Crippen MR) is 85.2 cm³/mol. The van der Waals surface area contributed by atoms with E-state index >= 15 is 0 Å². The molecule has 21 heavy (non-hydrogen) atoms. The molecule has 0 radical (unpaired) electrons. The van der Waals surface area contributed by atoms with Crippen molar-refractivity contribution < 1.29 is 9.18 Å². The fourth-order valence-corrected chi connectivity index (χ4v) is 2.78. The van der Waals surface area contributed by atoms with Crippen molar-refractivity contribution in [2.24, 2.45) is 0 Å². The van der Waals surface area contributed by atoms with E-state index in [1.807, 2.05) is 4.90 Å². The number of piperidine rings is 1. The van der Waals surface area contributed by atoms with Gasteiger partial charge in [-0.05, 0) is 44.0 Å². The van der Waals surface area contributed by atoms with Gasteiger partial charge in [0.15, 0.2) is 0 Å². The number of amides is 1. The SMILES string of the molecule is CCCN(C(=O)Cc1ccccc1F)C1CCNCC1.Cl. The molecule has 0 bridgehead atoms. The van der Waals surface area contributed by atoms with E-state index in [9.17, 15) is 9.18 Å². The Morgan fingerprint density at radius 3 is 2.62 bits per heavy atom. The van der Waals surface area contributed by atoms with Gasteiger partial charge in [0.2, 0.25) is 5.91 Å². The standard InChI is InChI=1S/C16H23FN2O.ClH/c1-2-11-19(14-7-9-18-10-8-14)16(20)12-13-5-3-4-6-15(13)17;/h3-6,14,18H,2,7-12H2,1H3;1H. The minimum Gasteiger partial charge on any atom is -0.339 e. The minimum atomic E-state index is -0.289. The normalized spacial score (nSPS) is 15.3. The van der Waals surface area contributed by atoms with Crippen molar-refractivity contribution in [2.45, 2.75) is 38.6 Å². The van der Waals surface area contributed by atoms with Crippen LogP contribution in [0.2, 0.25) is 0 Å². The molecule has 1 saturated heterocycles.